The van der Waals surface area contributed by atoms with Crippen LogP contribution < -0.4 is 5.32 Å². The molecule has 2 saturated heterocycles. The van der Waals surface area contributed by atoms with Gasteiger partial charge in [-0.05, 0) is 38.5 Å². The quantitative estimate of drug-likeness (QED) is 0.858. The Bertz CT molecular complexity index is 750. The lowest BCUT2D eigenvalue weighted by atomic mass is 10.1. The SMILES string of the molecule is O=C(NC[C@@H]1CCCO1)c1c2c(nn1[C@H]1CCS(=O)(=O)C1)CCC2. The molecular weight excluding hydrogens is 330 g/mol. The highest BCUT2D eigenvalue weighted by molar-refractivity contribution is 7.91. The van der Waals surface area contributed by atoms with Gasteiger partial charge in [-0.2, -0.15) is 5.10 Å². The van der Waals surface area contributed by atoms with Crippen LogP contribution in [0, 0.1) is 0 Å². The topological polar surface area (TPSA) is 90.3 Å². The fourth-order valence-corrected chi connectivity index (χ4v) is 5.67. The van der Waals surface area contributed by atoms with E-state index in [9.17, 15) is 13.2 Å². The van der Waals surface area contributed by atoms with Gasteiger partial charge in [-0.1, -0.05) is 0 Å². The highest BCUT2D eigenvalue weighted by Crippen LogP contribution is 2.31. The first kappa shape index (κ1) is 16.1. The molecule has 0 saturated carbocycles. The number of amides is 1. The summed E-state index contributed by atoms with van der Waals surface area (Å²) in [6.45, 7) is 1.26. The van der Waals surface area contributed by atoms with Crippen molar-refractivity contribution >= 4 is 15.7 Å². The maximum absolute atomic E-state index is 12.8. The Kier molecular flexibility index (Phi) is 4.12. The first-order chi connectivity index (χ1) is 11.5. The molecule has 1 N–H and O–H groups in total. The first-order valence-electron chi connectivity index (χ1n) is 8.74. The fourth-order valence-electron chi connectivity index (χ4n) is 3.98. The number of aromatic nitrogens is 2. The molecule has 3 heterocycles. The van der Waals surface area contributed by atoms with Gasteiger partial charge in [-0.25, -0.2) is 8.42 Å². The molecule has 2 atom stereocenters. The number of aryl methyl sites for hydroxylation is 1. The molecular formula is C16H23N3O4S. The molecule has 24 heavy (non-hydrogen) atoms. The average Bonchev–Trinajstić information content (AvgIpc) is 3.27. The van der Waals surface area contributed by atoms with Gasteiger partial charge in [0.25, 0.3) is 5.91 Å². The zero-order valence-corrected chi connectivity index (χ0v) is 14.5. The van der Waals surface area contributed by atoms with Crippen molar-refractivity contribution in [3.05, 3.63) is 17.0 Å². The van der Waals surface area contributed by atoms with E-state index in [1.54, 1.807) is 4.68 Å². The summed E-state index contributed by atoms with van der Waals surface area (Å²) in [5, 5.41) is 7.57. The molecule has 1 aromatic heterocycles. The van der Waals surface area contributed by atoms with Gasteiger partial charge >= 0.3 is 0 Å². The van der Waals surface area contributed by atoms with E-state index in [4.69, 9.17) is 4.74 Å². The van der Waals surface area contributed by atoms with Gasteiger partial charge in [0.15, 0.2) is 9.84 Å². The molecule has 8 heteroatoms. The Balaban J connectivity index is 1.57. The van der Waals surface area contributed by atoms with E-state index in [1.807, 2.05) is 0 Å². The highest BCUT2D eigenvalue weighted by atomic mass is 32.2. The van der Waals surface area contributed by atoms with E-state index in [1.165, 1.54) is 0 Å². The minimum Gasteiger partial charge on any atom is -0.376 e. The average molecular weight is 353 g/mol. The number of nitrogens with one attached hydrogen (secondary N) is 1. The van der Waals surface area contributed by atoms with Crippen LogP contribution in [-0.4, -0.2) is 54.9 Å². The molecule has 1 aromatic rings. The predicted octanol–water partition coefficient (Wildman–Crippen LogP) is 0.640. The number of carbonyl (C=O) groups is 1. The third-order valence-corrected chi connectivity index (χ3v) is 6.97. The van der Waals surface area contributed by atoms with Crippen LogP contribution in [0.2, 0.25) is 0 Å². The van der Waals surface area contributed by atoms with E-state index in [0.29, 0.717) is 18.7 Å². The summed E-state index contributed by atoms with van der Waals surface area (Å²) in [5.74, 6) is 0.115. The van der Waals surface area contributed by atoms with Gasteiger partial charge in [-0.15, -0.1) is 0 Å². The van der Waals surface area contributed by atoms with Crippen molar-refractivity contribution in [1.82, 2.24) is 15.1 Å². The second-order valence-electron chi connectivity index (χ2n) is 6.97. The molecule has 1 amide bonds. The van der Waals surface area contributed by atoms with Crippen LogP contribution in [0.3, 0.4) is 0 Å². The first-order valence-corrected chi connectivity index (χ1v) is 10.6. The van der Waals surface area contributed by atoms with Gasteiger partial charge < -0.3 is 10.1 Å². The van der Waals surface area contributed by atoms with E-state index < -0.39 is 9.84 Å². The summed E-state index contributed by atoms with van der Waals surface area (Å²) in [4.78, 5) is 12.8. The Hall–Kier alpha value is -1.41. The number of nitrogens with zero attached hydrogens (tertiary/aromatic N) is 2. The number of fused-ring (bicyclic) bond motifs is 1. The van der Waals surface area contributed by atoms with E-state index in [-0.39, 0.29) is 29.6 Å². The van der Waals surface area contributed by atoms with Crippen molar-refractivity contribution in [3.8, 4) is 0 Å². The van der Waals surface area contributed by atoms with Crippen molar-refractivity contribution in [1.29, 1.82) is 0 Å². The third-order valence-electron chi connectivity index (χ3n) is 5.22. The van der Waals surface area contributed by atoms with Crippen molar-refractivity contribution < 1.29 is 17.9 Å². The normalized spacial score (nSPS) is 28.2. The summed E-state index contributed by atoms with van der Waals surface area (Å²) in [7, 11) is -3.02. The zero-order chi connectivity index (χ0) is 16.7. The summed E-state index contributed by atoms with van der Waals surface area (Å²) in [5.41, 5.74) is 2.54. The predicted molar refractivity (Wildman–Crippen MR) is 87.9 cm³/mol. The Morgan fingerprint density at radius 1 is 1.29 bits per heavy atom. The van der Waals surface area contributed by atoms with Gasteiger partial charge in [0.05, 0.1) is 29.3 Å². The van der Waals surface area contributed by atoms with Crippen molar-refractivity contribution in [2.75, 3.05) is 24.7 Å². The molecule has 0 bridgehead atoms. The molecule has 4 rings (SSSR count). The lowest BCUT2D eigenvalue weighted by Crippen LogP contribution is -2.34. The van der Waals surface area contributed by atoms with E-state index >= 15 is 0 Å². The molecule has 0 spiro atoms. The minimum atomic E-state index is -3.02. The Morgan fingerprint density at radius 2 is 2.17 bits per heavy atom. The van der Waals surface area contributed by atoms with Crippen LogP contribution in [-0.2, 0) is 27.4 Å². The number of hydrogen-bond acceptors (Lipinski definition) is 5. The number of ether oxygens (including phenoxy) is 1. The maximum atomic E-state index is 12.8. The highest BCUT2D eigenvalue weighted by Gasteiger charge is 2.35. The molecule has 2 aliphatic heterocycles. The van der Waals surface area contributed by atoms with Crippen molar-refractivity contribution in [2.24, 2.45) is 0 Å². The van der Waals surface area contributed by atoms with Crippen LogP contribution in [0.15, 0.2) is 0 Å². The van der Waals surface area contributed by atoms with E-state index in [2.05, 4.69) is 10.4 Å². The third kappa shape index (κ3) is 2.97. The zero-order valence-electron chi connectivity index (χ0n) is 13.7. The van der Waals surface area contributed by atoms with Gasteiger partial charge in [-0.3, -0.25) is 9.48 Å². The van der Waals surface area contributed by atoms with Crippen LogP contribution >= 0.6 is 0 Å². The Morgan fingerprint density at radius 3 is 2.88 bits per heavy atom. The lowest BCUT2D eigenvalue weighted by Gasteiger charge is -2.16. The molecule has 132 valence electrons. The molecule has 7 nitrogen and oxygen atoms in total. The Labute approximate surface area is 141 Å². The minimum absolute atomic E-state index is 0.0829. The summed E-state index contributed by atoms with van der Waals surface area (Å²) in [6, 6.07) is -0.218. The monoisotopic (exact) mass is 353 g/mol. The molecule has 0 radical (unpaired) electrons. The van der Waals surface area contributed by atoms with Gasteiger partial charge in [0.1, 0.15) is 5.69 Å². The number of carbonyl (C=O) groups excluding carboxylic acids is 1. The van der Waals surface area contributed by atoms with Crippen LogP contribution in [0.25, 0.3) is 0 Å². The van der Waals surface area contributed by atoms with E-state index in [0.717, 1.165) is 50.0 Å². The smallest absolute Gasteiger partial charge is 0.269 e. The van der Waals surface area contributed by atoms with Crippen molar-refractivity contribution in [3.63, 3.8) is 0 Å². The van der Waals surface area contributed by atoms with Crippen LogP contribution in [0.1, 0.15) is 53.5 Å². The van der Waals surface area contributed by atoms with Gasteiger partial charge in [0.2, 0.25) is 0 Å². The maximum Gasteiger partial charge on any atom is 0.269 e. The summed E-state index contributed by atoms with van der Waals surface area (Å²) < 4.78 is 30.9. The number of hydrogen-bond donors (Lipinski definition) is 1. The van der Waals surface area contributed by atoms with Crippen LogP contribution in [0.4, 0.5) is 0 Å². The second kappa shape index (κ2) is 6.15. The molecule has 0 aromatic carbocycles. The lowest BCUT2D eigenvalue weighted by molar-refractivity contribution is 0.0846. The summed E-state index contributed by atoms with van der Waals surface area (Å²) in [6.07, 6.45) is 5.35. The molecule has 3 aliphatic rings. The van der Waals surface area contributed by atoms with Gasteiger partial charge in [0, 0.05) is 18.7 Å². The molecule has 0 unspecified atom stereocenters. The standard InChI is InChI=1S/C16H23N3O4S/c20-16(17-9-12-3-2-7-23-12)15-13-4-1-5-14(13)18-19(15)11-6-8-24(21,22)10-11/h11-12H,1-10H2,(H,17,20)/t11-,12-/m0/s1. The summed E-state index contributed by atoms with van der Waals surface area (Å²) >= 11 is 0. The largest absolute Gasteiger partial charge is 0.376 e. The second-order valence-corrected chi connectivity index (χ2v) is 9.20. The molecule has 1 aliphatic carbocycles. The fraction of sp³-hybridized carbons (Fsp3) is 0.750. The van der Waals surface area contributed by atoms with Crippen LogP contribution in [0.5, 0.6) is 0 Å². The molecule has 2 fully saturated rings. The number of sulfone groups is 1. The number of rotatable bonds is 4. The van der Waals surface area contributed by atoms with Crippen molar-refractivity contribution in [2.45, 2.75) is 50.7 Å².